The fourth-order valence-electron chi connectivity index (χ4n) is 3.00. The molecule has 1 fully saturated rings. The van der Waals surface area contributed by atoms with Gasteiger partial charge in [0.05, 0.1) is 6.10 Å². The Balaban J connectivity index is 1.63. The molecule has 2 aromatic rings. The van der Waals surface area contributed by atoms with Crippen molar-refractivity contribution in [1.82, 2.24) is 9.88 Å². The molecule has 28 heavy (non-hydrogen) atoms. The number of hydrogen-bond acceptors (Lipinski definition) is 4. The van der Waals surface area contributed by atoms with E-state index < -0.39 is 11.6 Å². The second kappa shape index (κ2) is 9.18. The minimum absolute atomic E-state index is 0.0384. The quantitative estimate of drug-likeness (QED) is 0.710. The van der Waals surface area contributed by atoms with E-state index in [2.05, 4.69) is 16.0 Å². The summed E-state index contributed by atoms with van der Waals surface area (Å²) in [6.45, 7) is 2.78. The van der Waals surface area contributed by atoms with E-state index in [9.17, 15) is 14.4 Å². The average molecular weight is 384 g/mol. The topological polar surface area (TPSA) is 101 Å². The lowest BCUT2D eigenvalue weighted by Crippen LogP contribution is -2.38. The maximum Gasteiger partial charge on any atom is 0.323 e. The number of para-hydroxylation sites is 1. The third kappa shape index (κ3) is 5.20. The van der Waals surface area contributed by atoms with Gasteiger partial charge in [-0.2, -0.15) is 0 Å². The molecule has 0 bridgehead atoms. The van der Waals surface area contributed by atoms with Crippen LogP contribution in [-0.2, 0) is 16.1 Å². The fourth-order valence-corrected chi connectivity index (χ4v) is 3.00. The molecule has 3 rings (SSSR count). The number of amides is 3. The number of aryl methyl sites for hydroxylation is 1. The fraction of sp³-hybridized carbons (Fsp3) is 0.350. The van der Waals surface area contributed by atoms with E-state index in [0.717, 1.165) is 19.4 Å². The Morgan fingerprint density at radius 2 is 1.93 bits per heavy atom. The molecular formula is C20H24N4O4. The van der Waals surface area contributed by atoms with E-state index in [1.165, 1.54) is 10.6 Å². The summed E-state index contributed by atoms with van der Waals surface area (Å²) in [5.74, 6) is -0.272. The second-order valence-electron chi connectivity index (χ2n) is 6.66. The van der Waals surface area contributed by atoms with Gasteiger partial charge < -0.3 is 25.3 Å². The van der Waals surface area contributed by atoms with E-state index in [1.807, 2.05) is 6.07 Å². The monoisotopic (exact) mass is 384 g/mol. The van der Waals surface area contributed by atoms with Crippen molar-refractivity contribution in [1.29, 1.82) is 0 Å². The van der Waals surface area contributed by atoms with Crippen LogP contribution in [-0.4, -0.2) is 35.8 Å². The molecule has 0 unspecified atom stereocenters. The van der Waals surface area contributed by atoms with Gasteiger partial charge in [0.2, 0.25) is 5.91 Å². The number of urea groups is 1. The van der Waals surface area contributed by atoms with Gasteiger partial charge >= 0.3 is 6.03 Å². The van der Waals surface area contributed by atoms with E-state index in [-0.39, 0.29) is 24.2 Å². The van der Waals surface area contributed by atoms with Crippen molar-refractivity contribution in [3.8, 4) is 0 Å². The summed E-state index contributed by atoms with van der Waals surface area (Å²) in [7, 11) is 0. The number of rotatable bonds is 6. The number of pyridine rings is 1. The molecule has 8 heteroatoms. The highest BCUT2D eigenvalue weighted by atomic mass is 16.5. The third-order valence-electron chi connectivity index (χ3n) is 4.52. The summed E-state index contributed by atoms with van der Waals surface area (Å²) < 4.78 is 6.81. The molecule has 3 N–H and O–H groups in total. The Morgan fingerprint density at radius 1 is 1.14 bits per heavy atom. The number of carbonyl (C=O) groups is 2. The molecule has 2 heterocycles. The largest absolute Gasteiger partial charge is 0.376 e. The van der Waals surface area contributed by atoms with Gasteiger partial charge in [0.25, 0.3) is 5.56 Å². The summed E-state index contributed by atoms with van der Waals surface area (Å²) in [4.78, 5) is 37.1. The number of ether oxygens (including phenoxy) is 1. The summed E-state index contributed by atoms with van der Waals surface area (Å²) in [6, 6.07) is 11.6. The van der Waals surface area contributed by atoms with Crippen LogP contribution in [0.15, 0.2) is 47.3 Å². The first-order valence-electron chi connectivity index (χ1n) is 9.25. The van der Waals surface area contributed by atoms with Crippen molar-refractivity contribution in [2.24, 2.45) is 0 Å². The molecule has 1 aliphatic heterocycles. The molecule has 3 amide bonds. The van der Waals surface area contributed by atoms with Crippen molar-refractivity contribution in [3.63, 3.8) is 0 Å². The molecule has 0 radical (unpaired) electrons. The van der Waals surface area contributed by atoms with Crippen LogP contribution in [0.1, 0.15) is 18.5 Å². The highest BCUT2D eigenvalue weighted by Gasteiger charge is 2.17. The van der Waals surface area contributed by atoms with E-state index in [0.29, 0.717) is 17.9 Å². The number of anilines is 2. The molecule has 1 aromatic heterocycles. The van der Waals surface area contributed by atoms with Crippen LogP contribution in [0.3, 0.4) is 0 Å². The first-order chi connectivity index (χ1) is 13.5. The Morgan fingerprint density at radius 3 is 2.64 bits per heavy atom. The summed E-state index contributed by atoms with van der Waals surface area (Å²) in [5.41, 5.74) is 0.911. The third-order valence-corrected chi connectivity index (χ3v) is 4.52. The van der Waals surface area contributed by atoms with Gasteiger partial charge in [-0.3, -0.25) is 9.59 Å². The summed E-state index contributed by atoms with van der Waals surface area (Å²) >= 11 is 0. The van der Waals surface area contributed by atoms with Crippen molar-refractivity contribution >= 4 is 23.3 Å². The maximum atomic E-state index is 12.7. The van der Waals surface area contributed by atoms with Crippen LogP contribution in [0.4, 0.5) is 16.2 Å². The van der Waals surface area contributed by atoms with Crippen molar-refractivity contribution in [2.45, 2.75) is 32.4 Å². The lowest BCUT2D eigenvalue weighted by molar-refractivity contribution is -0.122. The van der Waals surface area contributed by atoms with Crippen LogP contribution < -0.4 is 21.5 Å². The number of hydrogen-bond donors (Lipinski definition) is 3. The SMILES string of the molecule is Cc1ccc(NC(=O)Nc2ccccc2)c(=O)n1CC(=O)NC[C@H]1CCCO1. The Labute approximate surface area is 162 Å². The maximum absolute atomic E-state index is 12.7. The van der Waals surface area contributed by atoms with Gasteiger partial charge in [-0.25, -0.2) is 4.79 Å². The number of aromatic nitrogens is 1. The molecule has 1 aliphatic rings. The summed E-state index contributed by atoms with van der Waals surface area (Å²) in [6.07, 6.45) is 1.96. The van der Waals surface area contributed by atoms with Gasteiger partial charge in [0.15, 0.2) is 0 Å². The number of nitrogens with zero attached hydrogens (tertiary/aromatic N) is 1. The van der Waals surface area contributed by atoms with Crippen LogP contribution in [0.5, 0.6) is 0 Å². The zero-order chi connectivity index (χ0) is 19.9. The van der Waals surface area contributed by atoms with E-state index in [1.54, 1.807) is 37.3 Å². The number of nitrogens with one attached hydrogen (secondary N) is 3. The molecule has 0 spiro atoms. The van der Waals surface area contributed by atoms with E-state index in [4.69, 9.17) is 4.74 Å². The zero-order valence-corrected chi connectivity index (χ0v) is 15.7. The first kappa shape index (κ1) is 19.6. The molecule has 8 nitrogen and oxygen atoms in total. The predicted octanol–water partition coefficient (Wildman–Crippen LogP) is 2.10. The Hall–Kier alpha value is -3.13. The first-order valence-corrected chi connectivity index (χ1v) is 9.25. The number of carbonyl (C=O) groups excluding carboxylic acids is 2. The smallest absolute Gasteiger partial charge is 0.323 e. The molecule has 0 aliphatic carbocycles. The standard InChI is InChI=1S/C20H24N4O4/c1-14-9-10-17(23-20(27)22-15-6-3-2-4-7-15)19(26)24(14)13-18(25)21-12-16-8-5-11-28-16/h2-4,6-7,9-10,16H,5,8,11-13H2,1H3,(H,21,25)(H2,22,23,27)/t16-/m1/s1. The lowest BCUT2D eigenvalue weighted by atomic mass is 10.2. The highest BCUT2D eigenvalue weighted by molar-refractivity contribution is 5.99. The Bertz CT molecular complexity index is 889. The molecule has 0 saturated carbocycles. The van der Waals surface area contributed by atoms with Gasteiger partial charge in [-0.1, -0.05) is 18.2 Å². The van der Waals surface area contributed by atoms with Crippen molar-refractivity contribution < 1.29 is 14.3 Å². The van der Waals surface area contributed by atoms with Gasteiger partial charge in [0.1, 0.15) is 12.2 Å². The van der Waals surface area contributed by atoms with Crippen LogP contribution in [0.25, 0.3) is 0 Å². The van der Waals surface area contributed by atoms with Gasteiger partial charge in [-0.15, -0.1) is 0 Å². The Kier molecular flexibility index (Phi) is 6.44. The second-order valence-corrected chi connectivity index (χ2v) is 6.66. The van der Waals surface area contributed by atoms with Crippen molar-refractivity contribution in [3.05, 3.63) is 58.5 Å². The summed E-state index contributed by atoms with van der Waals surface area (Å²) in [5, 5.41) is 7.99. The predicted molar refractivity (Wildman–Crippen MR) is 107 cm³/mol. The number of benzene rings is 1. The normalized spacial score (nSPS) is 15.8. The van der Waals surface area contributed by atoms with Crippen LogP contribution in [0, 0.1) is 6.92 Å². The molecule has 148 valence electrons. The molecular weight excluding hydrogens is 360 g/mol. The lowest BCUT2D eigenvalue weighted by Gasteiger charge is -2.14. The van der Waals surface area contributed by atoms with E-state index >= 15 is 0 Å². The molecule has 1 aromatic carbocycles. The van der Waals surface area contributed by atoms with Crippen LogP contribution in [0.2, 0.25) is 0 Å². The van der Waals surface area contributed by atoms with Crippen LogP contribution >= 0.6 is 0 Å². The molecule has 1 atom stereocenters. The zero-order valence-electron chi connectivity index (χ0n) is 15.7. The van der Waals surface area contributed by atoms with Gasteiger partial charge in [0, 0.05) is 24.5 Å². The van der Waals surface area contributed by atoms with Gasteiger partial charge in [-0.05, 0) is 44.0 Å². The molecule has 1 saturated heterocycles. The minimum Gasteiger partial charge on any atom is -0.376 e. The minimum atomic E-state index is -0.526. The van der Waals surface area contributed by atoms with Crippen molar-refractivity contribution in [2.75, 3.05) is 23.8 Å². The average Bonchev–Trinajstić information content (AvgIpc) is 3.20. The highest BCUT2D eigenvalue weighted by Crippen LogP contribution is 2.11.